The second-order valence-corrected chi connectivity index (χ2v) is 7.39. The van der Waals surface area contributed by atoms with E-state index in [9.17, 15) is 9.90 Å². The Balaban J connectivity index is 0.00000182. The summed E-state index contributed by atoms with van der Waals surface area (Å²) in [5.74, 6) is 0.0216. The largest absolute Gasteiger partial charge is 0.488 e. The van der Waals surface area contributed by atoms with Crippen molar-refractivity contribution in [2.24, 2.45) is 0 Å². The summed E-state index contributed by atoms with van der Waals surface area (Å²) in [6, 6.07) is 9.86. The molecule has 1 N–H and O–H groups in total. The molecule has 132 valence electrons. The third kappa shape index (κ3) is 3.32. The molecule has 0 amide bonds. The Morgan fingerprint density at radius 1 is 1.24 bits per heavy atom. The van der Waals surface area contributed by atoms with Crippen molar-refractivity contribution in [2.75, 3.05) is 20.1 Å². The van der Waals surface area contributed by atoms with Crippen molar-refractivity contribution in [1.29, 1.82) is 0 Å². The van der Waals surface area contributed by atoms with Crippen LogP contribution in [0.4, 0.5) is 0 Å². The molecule has 6 heteroatoms. The Kier molecular flexibility index (Phi) is 5.18. The average Bonchev–Trinajstić information content (AvgIpc) is 2.94. The molecule has 25 heavy (non-hydrogen) atoms. The van der Waals surface area contributed by atoms with Gasteiger partial charge < -0.3 is 14.7 Å². The van der Waals surface area contributed by atoms with Gasteiger partial charge >= 0.3 is 5.97 Å². The average molecular weight is 378 g/mol. The van der Waals surface area contributed by atoms with E-state index in [1.807, 2.05) is 18.2 Å². The molecule has 0 aliphatic carbocycles. The minimum absolute atomic E-state index is 0. The molecule has 0 unspecified atom stereocenters. The van der Waals surface area contributed by atoms with E-state index < -0.39 is 5.97 Å². The van der Waals surface area contributed by atoms with Gasteiger partial charge in [-0.15, -0.1) is 23.7 Å². The number of benzene rings is 1. The minimum Gasteiger partial charge on any atom is -0.488 e. The van der Waals surface area contributed by atoms with Crippen LogP contribution in [0.5, 0.6) is 5.75 Å². The maximum atomic E-state index is 11.4. The highest BCUT2D eigenvalue weighted by molar-refractivity contribution is 7.15. The van der Waals surface area contributed by atoms with Crippen LogP contribution >= 0.6 is 23.7 Å². The predicted octanol–water partition coefficient (Wildman–Crippen LogP) is 4.29. The number of hydrogen-bond acceptors (Lipinski definition) is 4. The first-order valence-corrected chi connectivity index (χ1v) is 8.94. The molecule has 1 saturated heterocycles. The number of thiophene rings is 1. The summed E-state index contributed by atoms with van der Waals surface area (Å²) >= 11 is 1.37. The number of aromatic carboxylic acids is 1. The van der Waals surface area contributed by atoms with Crippen molar-refractivity contribution in [3.8, 4) is 5.75 Å². The van der Waals surface area contributed by atoms with Gasteiger partial charge in [0.15, 0.2) is 0 Å². The maximum absolute atomic E-state index is 11.4. The van der Waals surface area contributed by atoms with Crippen LogP contribution in [0.2, 0.25) is 0 Å². The molecule has 2 aliphatic heterocycles. The van der Waals surface area contributed by atoms with Gasteiger partial charge in [0.1, 0.15) is 17.2 Å². The molecule has 1 fully saturated rings. The molecule has 3 heterocycles. The van der Waals surface area contributed by atoms with E-state index in [4.69, 9.17) is 4.74 Å². The normalized spacial score (nSPS) is 17.0. The lowest BCUT2D eigenvalue weighted by molar-refractivity contribution is 0.0702. The van der Waals surface area contributed by atoms with Crippen LogP contribution in [-0.4, -0.2) is 36.1 Å². The SMILES string of the molecule is CN1CCC(=C2c3ccccc3OCc3cc(C(=O)O)sc32)CC1.Cl. The Labute approximate surface area is 157 Å². The smallest absolute Gasteiger partial charge is 0.345 e. The van der Waals surface area contributed by atoms with E-state index in [0.29, 0.717) is 11.5 Å². The molecule has 4 nitrogen and oxygen atoms in total. The van der Waals surface area contributed by atoms with Crippen LogP contribution in [0, 0.1) is 0 Å². The number of carbonyl (C=O) groups is 1. The van der Waals surface area contributed by atoms with Crippen LogP contribution in [-0.2, 0) is 6.61 Å². The first-order chi connectivity index (χ1) is 11.6. The molecule has 1 aromatic carbocycles. The molecule has 4 rings (SSSR count). The summed E-state index contributed by atoms with van der Waals surface area (Å²) in [5.41, 5.74) is 4.68. The summed E-state index contributed by atoms with van der Waals surface area (Å²) in [7, 11) is 2.14. The highest BCUT2D eigenvalue weighted by atomic mass is 35.5. The van der Waals surface area contributed by atoms with Gasteiger partial charge in [-0.3, -0.25) is 0 Å². The molecular formula is C19H20ClNO3S. The van der Waals surface area contributed by atoms with E-state index >= 15 is 0 Å². The number of likely N-dealkylation sites (tertiary alicyclic amines) is 1. The fraction of sp³-hybridized carbons (Fsp3) is 0.316. The molecule has 0 saturated carbocycles. The summed E-state index contributed by atoms with van der Waals surface area (Å²) in [6.45, 7) is 2.50. The first-order valence-electron chi connectivity index (χ1n) is 8.12. The van der Waals surface area contributed by atoms with Crippen molar-refractivity contribution < 1.29 is 14.6 Å². The summed E-state index contributed by atoms with van der Waals surface area (Å²) in [6.07, 6.45) is 2.03. The highest BCUT2D eigenvalue weighted by Gasteiger charge is 2.27. The Morgan fingerprint density at radius 3 is 2.68 bits per heavy atom. The second kappa shape index (κ2) is 7.20. The third-order valence-corrected chi connectivity index (χ3v) is 5.91. The molecule has 0 atom stereocenters. The van der Waals surface area contributed by atoms with E-state index in [-0.39, 0.29) is 12.4 Å². The molecular weight excluding hydrogens is 358 g/mol. The lowest BCUT2D eigenvalue weighted by Gasteiger charge is -2.26. The maximum Gasteiger partial charge on any atom is 0.345 e. The minimum atomic E-state index is -0.867. The lowest BCUT2D eigenvalue weighted by Crippen LogP contribution is -2.26. The number of piperidine rings is 1. The summed E-state index contributed by atoms with van der Waals surface area (Å²) < 4.78 is 5.98. The number of halogens is 1. The van der Waals surface area contributed by atoms with Gasteiger partial charge in [-0.2, -0.15) is 0 Å². The van der Waals surface area contributed by atoms with Crippen LogP contribution in [0.1, 0.15) is 38.5 Å². The third-order valence-electron chi connectivity index (χ3n) is 4.73. The number of hydrogen-bond donors (Lipinski definition) is 1. The fourth-order valence-corrected chi connectivity index (χ4v) is 4.53. The molecule has 0 bridgehead atoms. The van der Waals surface area contributed by atoms with Crippen molar-refractivity contribution in [3.05, 3.63) is 56.8 Å². The topological polar surface area (TPSA) is 49.8 Å². The van der Waals surface area contributed by atoms with Gasteiger partial charge in [0.2, 0.25) is 0 Å². The number of para-hydroxylation sites is 1. The number of carboxylic acid groups (broad SMARTS) is 1. The van der Waals surface area contributed by atoms with Crippen molar-refractivity contribution >= 4 is 35.3 Å². The van der Waals surface area contributed by atoms with E-state index in [2.05, 4.69) is 18.0 Å². The lowest BCUT2D eigenvalue weighted by atomic mass is 9.91. The fourth-order valence-electron chi connectivity index (χ4n) is 3.42. The zero-order valence-corrected chi connectivity index (χ0v) is 15.6. The second-order valence-electron chi connectivity index (χ2n) is 6.34. The van der Waals surface area contributed by atoms with Crippen LogP contribution in [0.25, 0.3) is 5.57 Å². The molecule has 2 aliphatic rings. The van der Waals surface area contributed by atoms with Crippen LogP contribution in [0.15, 0.2) is 35.9 Å². The van der Waals surface area contributed by atoms with Crippen molar-refractivity contribution in [2.45, 2.75) is 19.4 Å². The number of ether oxygens (including phenoxy) is 1. The standard InChI is InChI=1S/C19H19NO3S.ClH/c1-20-8-6-12(7-9-20)17-14-4-2-3-5-15(14)23-11-13-10-16(19(21)22)24-18(13)17;/h2-5,10H,6-9,11H2,1H3,(H,21,22);1H. The Morgan fingerprint density at radius 2 is 1.96 bits per heavy atom. The summed E-state index contributed by atoms with van der Waals surface area (Å²) in [5, 5.41) is 9.38. The van der Waals surface area contributed by atoms with Gasteiger partial charge in [0, 0.05) is 34.7 Å². The number of carboxylic acids is 1. The van der Waals surface area contributed by atoms with E-state index in [0.717, 1.165) is 47.7 Å². The molecule has 0 spiro atoms. The zero-order chi connectivity index (χ0) is 16.7. The zero-order valence-electron chi connectivity index (χ0n) is 13.9. The number of rotatable bonds is 1. The Hall–Kier alpha value is -1.82. The van der Waals surface area contributed by atoms with Crippen molar-refractivity contribution in [1.82, 2.24) is 4.90 Å². The quantitative estimate of drug-likeness (QED) is 0.805. The first kappa shape index (κ1) is 18.0. The van der Waals surface area contributed by atoms with Gasteiger partial charge in [-0.1, -0.05) is 23.8 Å². The molecule has 2 aromatic rings. The van der Waals surface area contributed by atoms with Gasteiger partial charge in [-0.05, 0) is 32.0 Å². The van der Waals surface area contributed by atoms with E-state index in [1.54, 1.807) is 6.07 Å². The van der Waals surface area contributed by atoms with E-state index in [1.165, 1.54) is 22.5 Å². The predicted molar refractivity (Wildman–Crippen MR) is 102 cm³/mol. The molecule has 1 aromatic heterocycles. The van der Waals surface area contributed by atoms with Crippen molar-refractivity contribution in [3.63, 3.8) is 0 Å². The van der Waals surface area contributed by atoms with Gasteiger partial charge in [0.25, 0.3) is 0 Å². The van der Waals surface area contributed by atoms with Crippen LogP contribution < -0.4 is 4.74 Å². The monoisotopic (exact) mass is 377 g/mol. The number of fused-ring (bicyclic) bond motifs is 2. The van der Waals surface area contributed by atoms with Gasteiger partial charge in [-0.25, -0.2) is 4.79 Å². The highest BCUT2D eigenvalue weighted by Crippen LogP contribution is 2.44. The van der Waals surface area contributed by atoms with Gasteiger partial charge in [0.05, 0.1) is 0 Å². The number of nitrogens with zero attached hydrogens (tertiary/aromatic N) is 1. The Bertz CT molecular complexity index is 833. The van der Waals surface area contributed by atoms with Crippen LogP contribution in [0.3, 0.4) is 0 Å². The molecule has 0 radical (unpaired) electrons. The summed E-state index contributed by atoms with van der Waals surface area (Å²) in [4.78, 5) is 15.2.